The van der Waals surface area contributed by atoms with Gasteiger partial charge >= 0.3 is 4.87 Å². The molecule has 0 bridgehead atoms. The number of rotatable bonds is 5. The second-order valence-electron chi connectivity index (χ2n) is 5.13. The minimum atomic E-state index is -0.491. The summed E-state index contributed by atoms with van der Waals surface area (Å²) >= 11 is 16.2. The number of halogens is 3. The SMILES string of the molecule is O=C(COc1ccc(Cl)cc1Cl)Nn1c(-c2ccc(Br)cc2)csc1=O. The zero-order chi connectivity index (χ0) is 18.7. The van der Waals surface area contributed by atoms with E-state index in [2.05, 4.69) is 21.4 Å². The van der Waals surface area contributed by atoms with Gasteiger partial charge in [-0.05, 0) is 30.3 Å². The van der Waals surface area contributed by atoms with Gasteiger partial charge in [0.15, 0.2) is 6.61 Å². The van der Waals surface area contributed by atoms with Gasteiger partial charge in [-0.25, -0.2) is 4.68 Å². The Kier molecular flexibility index (Phi) is 6.03. The lowest BCUT2D eigenvalue weighted by Crippen LogP contribution is -2.33. The second kappa shape index (κ2) is 8.26. The Balaban J connectivity index is 1.72. The van der Waals surface area contributed by atoms with Crippen molar-refractivity contribution in [2.75, 3.05) is 12.0 Å². The van der Waals surface area contributed by atoms with Gasteiger partial charge in [-0.2, -0.15) is 0 Å². The third-order valence-electron chi connectivity index (χ3n) is 3.32. The second-order valence-corrected chi connectivity index (χ2v) is 7.71. The molecule has 5 nitrogen and oxygen atoms in total. The molecule has 0 aliphatic rings. The molecule has 1 N–H and O–H groups in total. The van der Waals surface area contributed by atoms with Crippen LogP contribution in [0.1, 0.15) is 0 Å². The molecule has 0 aliphatic carbocycles. The lowest BCUT2D eigenvalue weighted by molar-refractivity contribution is -0.119. The summed E-state index contributed by atoms with van der Waals surface area (Å²) in [6, 6.07) is 12.1. The molecule has 0 atom stereocenters. The van der Waals surface area contributed by atoms with Crippen molar-refractivity contribution in [3.63, 3.8) is 0 Å². The number of ether oxygens (including phenoxy) is 1. The van der Waals surface area contributed by atoms with Gasteiger partial charge in [0.25, 0.3) is 5.91 Å². The molecule has 26 heavy (non-hydrogen) atoms. The first kappa shape index (κ1) is 19.0. The Morgan fingerprint density at radius 3 is 2.62 bits per heavy atom. The van der Waals surface area contributed by atoms with Crippen molar-refractivity contribution in [1.82, 2.24) is 4.68 Å². The number of amides is 1. The molecule has 3 aromatic rings. The predicted octanol–water partition coefficient (Wildman–Crippen LogP) is 4.80. The number of thiazole rings is 1. The van der Waals surface area contributed by atoms with Crippen LogP contribution in [0.3, 0.4) is 0 Å². The Morgan fingerprint density at radius 2 is 1.92 bits per heavy atom. The normalized spacial score (nSPS) is 10.6. The van der Waals surface area contributed by atoms with Crippen LogP contribution in [0.5, 0.6) is 5.75 Å². The van der Waals surface area contributed by atoms with Gasteiger partial charge in [0.2, 0.25) is 0 Å². The summed E-state index contributed by atoms with van der Waals surface area (Å²) in [5.41, 5.74) is 3.93. The van der Waals surface area contributed by atoms with Crippen LogP contribution in [0.4, 0.5) is 0 Å². The molecule has 0 saturated heterocycles. The van der Waals surface area contributed by atoms with Gasteiger partial charge in [-0.1, -0.05) is 62.6 Å². The summed E-state index contributed by atoms with van der Waals surface area (Å²) in [5.74, 6) is -0.160. The van der Waals surface area contributed by atoms with Crippen LogP contribution >= 0.6 is 50.5 Å². The Morgan fingerprint density at radius 1 is 1.19 bits per heavy atom. The van der Waals surface area contributed by atoms with E-state index in [1.54, 1.807) is 17.5 Å². The van der Waals surface area contributed by atoms with E-state index in [1.165, 1.54) is 10.7 Å². The van der Waals surface area contributed by atoms with Gasteiger partial charge in [-0.15, -0.1) is 0 Å². The third-order valence-corrected chi connectivity index (χ3v) is 5.11. The minimum Gasteiger partial charge on any atom is -0.482 e. The first-order valence-corrected chi connectivity index (χ1v) is 9.71. The van der Waals surface area contributed by atoms with Gasteiger partial charge in [-0.3, -0.25) is 15.0 Å². The maximum absolute atomic E-state index is 12.2. The molecule has 0 radical (unpaired) electrons. The molecular formula is C17H11BrCl2N2O3S. The Labute approximate surface area is 171 Å². The number of carbonyl (C=O) groups is 1. The van der Waals surface area contributed by atoms with Gasteiger partial charge in [0, 0.05) is 20.4 Å². The highest BCUT2D eigenvalue weighted by molar-refractivity contribution is 9.10. The molecular weight excluding hydrogens is 463 g/mol. The maximum Gasteiger partial charge on any atom is 0.326 e. The highest BCUT2D eigenvalue weighted by atomic mass is 79.9. The fourth-order valence-corrected chi connectivity index (χ4v) is 3.56. The van der Waals surface area contributed by atoms with E-state index in [9.17, 15) is 9.59 Å². The number of nitrogens with zero attached hydrogens (tertiary/aromatic N) is 1. The van der Waals surface area contributed by atoms with E-state index in [0.29, 0.717) is 21.5 Å². The fraction of sp³-hybridized carbons (Fsp3) is 0.0588. The highest BCUT2D eigenvalue weighted by Gasteiger charge is 2.13. The fourth-order valence-electron chi connectivity index (χ4n) is 2.13. The Bertz CT molecular complexity index is 1000. The van der Waals surface area contributed by atoms with E-state index in [1.807, 2.05) is 24.3 Å². The van der Waals surface area contributed by atoms with Crippen molar-refractivity contribution in [3.05, 3.63) is 72.0 Å². The standard InChI is InChI=1S/C17H11BrCl2N2O3S/c18-11-3-1-10(2-4-11)14-9-26-17(24)22(14)21-16(23)8-25-15-6-5-12(19)7-13(15)20/h1-7,9H,8H2,(H,21,23). The number of carbonyl (C=O) groups excluding carboxylic acids is 1. The third kappa shape index (κ3) is 4.48. The van der Waals surface area contributed by atoms with Crippen molar-refractivity contribution in [1.29, 1.82) is 0 Å². The molecule has 3 rings (SSSR count). The number of aromatic nitrogens is 1. The summed E-state index contributed by atoms with van der Waals surface area (Å²) in [6.45, 7) is -0.302. The van der Waals surface area contributed by atoms with Crippen molar-refractivity contribution in [2.45, 2.75) is 0 Å². The van der Waals surface area contributed by atoms with E-state index in [0.717, 1.165) is 21.4 Å². The van der Waals surface area contributed by atoms with Crippen LogP contribution in [-0.4, -0.2) is 17.2 Å². The molecule has 1 amide bonds. The first-order valence-electron chi connectivity index (χ1n) is 7.28. The van der Waals surface area contributed by atoms with E-state index < -0.39 is 5.91 Å². The molecule has 2 aromatic carbocycles. The summed E-state index contributed by atoms with van der Waals surface area (Å²) < 4.78 is 7.50. The maximum atomic E-state index is 12.2. The number of benzene rings is 2. The minimum absolute atomic E-state index is 0.300. The van der Waals surface area contributed by atoms with E-state index in [-0.39, 0.29) is 11.5 Å². The topological polar surface area (TPSA) is 60.3 Å². The zero-order valence-electron chi connectivity index (χ0n) is 13.0. The molecule has 1 aromatic heterocycles. The number of hydrogen-bond acceptors (Lipinski definition) is 4. The summed E-state index contributed by atoms with van der Waals surface area (Å²) in [6.07, 6.45) is 0. The van der Waals surface area contributed by atoms with Gasteiger partial charge in [0.05, 0.1) is 10.7 Å². The van der Waals surface area contributed by atoms with Crippen LogP contribution in [0, 0.1) is 0 Å². The molecule has 0 saturated carbocycles. The number of nitrogens with one attached hydrogen (secondary N) is 1. The molecule has 1 heterocycles. The summed E-state index contributed by atoms with van der Waals surface area (Å²) in [7, 11) is 0. The summed E-state index contributed by atoms with van der Waals surface area (Å²) in [4.78, 5) is 23.9. The number of hydrogen-bond donors (Lipinski definition) is 1. The monoisotopic (exact) mass is 472 g/mol. The molecule has 9 heteroatoms. The van der Waals surface area contributed by atoms with Crippen LogP contribution in [0.2, 0.25) is 10.0 Å². The van der Waals surface area contributed by atoms with Crippen LogP contribution in [0.15, 0.2) is 57.1 Å². The van der Waals surface area contributed by atoms with Gasteiger partial charge in [0.1, 0.15) is 5.75 Å². The van der Waals surface area contributed by atoms with Crippen LogP contribution in [0.25, 0.3) is 11.3 Å². The highest BCUT2D eigenvalue weighted by Crippen LogP contribution is 2.27. The Hall–Kier alpha value is -1.80. The average Bonchev–Trinajstić information content (AvgIpc) is 2.95. The molecule has 0 aliphatic heterocycles. The van der Waals surface area contributed by atoms with Crippen molar-refractivity contribution >= 4 is 56.4 Å². The summed E-state index contributed by atoms with van der Waals surface area (Å²) in [5, 5.41) is 2.45. The zero-order valence-corrected chi connectivity index (χ0v) is 17.0. The van der Waals surface area contributed by atoms with Crippen LogP contribution < -0.4 is 15.0 Å². The lowest BCUT2D eigenvalue weighted by Gasteiger charge is -2.11. The smallest absolute Gasteiger partial charge is 0.326 e. The largest absolute Gasteiger partial charge is 0.482 e. The molecule has 0 unspecified atom stereocenters. The quantitative estimate of drug-likeness (QED) is 0.579. The lowest BCUT2D eigenvalue weighted by atomic mass is 10.2. The first-order chi connectivity index (χ1) is 12.4. The van der Waals surface area contributed by atoms with Crippen LogP contribution in [-0.2, 0) is 4.79 Å². The molecule has 134 valence electrons. The molecule has 0 spiro atoms. The van der Waals surface area contributed by atoms with Gasteiger partial charge < -0.3 is 4.74 Å². The van der Waals surface area contributed by atoms with Crippen molar-refractivity contribution in [2.24, 2.45) is 0 Å². The molecule has 0 fully saturated rings. The van der Waals surface area contributed by atoms with Crippen molar-refractivity contribution in [3.8, 4) is 17.0 Å². The predicted molar refractivity (Wildman–Crippen MR) is 108 cm³/mol. The average molecular weight is 474 g/mol. The van der Waals surface area contributed by atoms with Crippen molar-refractivity contribution < 1.29 is 9.53 Å². The van der Waals surface area contributed by atoms with E-state index >= 15 is 0 Å². The van der Waals surface area contributed by atoms with E-state index in [4.69, 9.17) is 27.9 Å².